The molecule has 0 saturated heterocycles. The molecular weight excluding hydrogens is 310 g/mol. The Balaban J connectivity index is 2.38. The highest BCUT2D eigenvalue weighted by molar-refractivity contribution is 9.10. The number of carbonyl (C=O) groups is 1. The van der Waals surface area contributed by atoms with Crippen molar-refractivity contribution >= 4 is 31.9 Å². The summed E-state index contributed by atoms with van der Waals surface area (Å²) in [5, 5.41) is 10.8. The fraction of sp³-hybridized carbons (Fsp3) is 0.300. The smallest absolute Gasteiger partial charge is 0.240 e. The molecule has 0 amide bonds. The molecule has 92 valence electrons. The van der Waals surface area contributed by atoms with Crippen LogP contribution in [0.25, 0.3) is 0 Å². The summed E-state index contributed by atoms with van der Waals surface area (Å²) in [5.41, 5.74) is -0.177. The lowest BCUT2D eigenvalue weighted by Crippen LogP contribution is -2.27. The van der Waals surface area contributed by atoms with E-state index in [1.54, 1.807) is 0 Å². The number of aromatic carboxylic acids is 1. The first kappa shape index (κ1) is 12.5. The molecule has 1 saturated carbocycles. The van der Waals surface area contributed by atoms with Crippen LogP contribution in [0.3, 0.4) is 0 Å². The quantitative estimate of drug-likeness (QED) is 0.862. The highest BCUT2D eigenvalue weighted by Crippen LogP contribution is 2.24. The number of hydrogen-bond donors (Lipinski definition) is 1. The molecule has 0 spiro atoms. The van der Waals surface area contributed by atoms with Crippen molar-refractivity contribution in [1.29, 1.82) is 0 Å². The van der Waals surface area contributed by atoms with Gasteiger partial charge in [-0.15, -0.1) is 0 Å². The van der Waals surface area contributed by atoms with Crippen LogP contribution in [0.2, 0.25) is 0 Å². The maximum atomic E-state index is 11.8. The molecule has 0 bridgehead atoms. The molecule has 1 aliphatic carbocycles. The SMILES string of the molecule is O=C([O-])c1cc(S(=O)(=O)NC2CC2)ccc1Br. The predicted octanol–water partition coefficient (Wildman–Crippen LogP) is 0.253. The van der Waals surface area contributed by atoms with Crippen molar-refractivity contribution in [3.05, 3.63) is 28.2 Å². The lowest BCUT2D eigenvalue weighted by atomic mass is 10.2. The highest BCUT2D eigenvalue weighted by atomic mass is 79.9. The number of carboxylic acid groups (broad SMARTS) is 1. The van der Waals surface area contributed by atoms with E-state index in [1.165, 1.54) is 12.1 Å². The fourth-order valence-corrected chi connectivity index (χ4v) is 3.06. The molecule has 0 heterocycles. The summed E-state index contributed by atoms with van der Waals surface area (Å²) in [7, 11) is -3.63. The molecule has 1 N–H and O–H groups in total. The van der Waals surface area contributed by atoms with Gasteiger partial charge >= 0.3 is 0 Å². The van der Waals surface area contributed by atoms with Gasteiger partial charge in [0.1, 0.15) is 0 Å². The molecule has 0 aliphatic heterocycles. The highest BCUT2D eigenvalue weighted by Gasteiger charge is 2.28. The zero-order chi connectivity index (χ0) is 12.6. The van der Waals surface area contributed by atoms with Gasteiger partial charge in [-0.2, -0.15) is 0 Å². The van der Waals surface area contributed by atoms with Crippen LogP contribution in [-0.2, 0) is 10.0 Å². The predicted molar refractivity (Wildman–Crippen MR) is 61.8 cm³/mol. The van der Waals surface area contributed by atoms with E-state index in [9.17, 15) is 18.3 Å². The Morgan fingerprint density at radius 1 is 1.41 bits per heavy atom. The average Bonchev–Trinajstić information content (AvgIpc) is 3.00. The van der Waals surface area contributed by atoms with Crippen molar-refractivity contribution in [3.8, 4) is 0 Å². The van der Waals surface area contributed by atoms with Crippen molar-refractivity contribution < 1.29 is 18.3 Å². The van der Waals surface area contributed by atoms with Crippen LogP contribution in [0.5, 0.6) is 0 Å². The number of carbonyl (C=O) groups excluding carboxylic acids is 1. The first-order chi connectivity index (χ1) is 7.90. The van der Waals surface area contributed by atoms with Gasteiger partial charge in [-0.25, -0.2) is 13.1 Å². The third kappa shape index (κ3) is 2.85. The van der Waals surface area contributed by atoms with Crippen LogP contribution < -0.4 is 9.83 Å². The number of rotatable bonds is 4. The van der Waals surface area contributed by atoms with Crippen molar-refractivity contribution in [2.75, 3.05) is 0 Å². The number of benzene rings is 1. The number of nitrogens with one attached hydrogen (secondary N) is 1. The van der Waals surface area contributed by atoms with Crippen LogP contribution in [-0.4, -0.2) is 20.4 Å². The van der Waals surface area contributed by atoms with Gasteiger partial charge in [0, 0.05) is 16.1 Å². The Bertz CT molecular complexity index is 566. The standard InChI is InChI=1S/C10H10BrNO4S/c11-9-4-3-7(5-8(9)10(13)14)17(15,16)12-6-1-2-6/h3-6,12H,1-2H2,(H,13,14)/p-1. The molecule has 0 aromatic heterocycles. The Morgan fingerprint density at radius 3 is 2.59 bits per heavy atom. The lowest BCUT2D eigenvalue weighted by molar-refractivity contribution is -0.255. The van der Waals surface area contributed by atoms with Crippen LogP contribution >= 0.6 is 15.9 Å². The maximum Gasteiger partial charge on any atom is 0.240 e. The molecule has 1 aromatic carbocycles. The molecule has 5 nitrogen and oxygen atoms in total. The first-order valence-corrected chi connectivity index (χ1v) is 7.21. The van der Waals surface area contributed by atoms with Crippen LogP contribution in [0, 0.1) is 0 Å². The number of halogens is 1. The zero-order valence-corrected chi connectivity index (χ0v) is 11.0. The lowest BCUT2D eigenvalue weighted by Gasteiger charge is -2.09. The Labute approximate surface area is 107 Å². The Hall–Kier alpha value is -0.920. The summed E-state index contributed by atoms with van der Waals surface area (Å²) >= 11 is 3.02. The van der Waals surface area contributed by atoms with E-state index in [4.69, 9.17) is 0 Å². The minimum atomic E-state index is -3.63. The van der Waals surface area contributed by atoms with E-state index in [0.29, 0.717) is 4.47 Å². The Morgan fingerprint density at radius 2 is 2.06 bits per heavy atom. The number of carboxylic acids is 1. The molecule has 0 unspecified atom stereocenters. The van der Waals surface area contributed by atoms with Gasteiger partial charge in [0.25, 0.3) is 0 Å². The minimum Gasteiger partial charge on any atom is -0.545 e. The summed E-state index contributed by atoms with van der Waals surface area (Å²) in [6, 6.07) is 3.80. The summed E-state index contributed by atoms with van der Waals surface area (Å²) in [4.78, 5) is 10.7. The summed E-state index contributed by atoms with van der Waals surface area (Å²) < 4.78 is 26.4. The van der Waals surface area contributed by atoms with E-state index >= 15 is 0 Å². The van der Waals surface area contributed by atoms with Gasteiger partial charge in [-0.1, -0.05) is 15.9 Å². The van der Waals surface area contributed by atoms with Gasteiger partial charge in [0.2, 0.25) is 10.0 Å². The maximum absolute atomic E-state index is 11.8. The van der Waals surface area contributed by atoms with Crippen LogP contribution in [0.4, 0.5) is 0 Å². The second-order valence-corrected chi connectivity index (χ2v) is 6.39. The summed E-state index contributed by atoms with van der Waals surface area (Å²) in [5.74, 6) is -1.42. The van der Waals surface area contributed by atoms with Crippen molar-refractivity contribution in [2.24, 2.45) is 0 Å². The summed E-state index contributed by atoms with van der Waals surface area (Å²) in [6.07, 6.45) is 1.65. The monoisotopic (exact) mass is 318 g/mol. The van der Waals surface area contributed by atoms with E-state index in [1.807, 2.05) is 0 Å². The first-order valence-electron chi connectivity index (χ1n) is 4.93. The van der Waals surface area contributed by atoms with Gasteiger partial charge < -0.3 is 9.90 Å². The molecule has 2 rings (SSSR count). The molecular formula is C10H9BrNO4S-. The minimum absolute atomic E-state index is 0.0185. The molecule has 0 atom stereocenters. The average molecular weight is 319 g/mol. The van der Waals surface area contributed by atoms with Crippen LogP contribution in [0.1, 0.15) is 23.2 Å². The molecule has 1 aliphatic rings. The normalized spacial score (nSPS) is 15.8. The summed E-state index contributed by atoms with van der Waals surface area (Å²) in [6.45, 7) is 0. The van der Waals surface area contributed by atoms with Gasteiger partial charge in [-0.05, 0) is 31.0 Å². The zero-order valence-electron chi connectivity index (χ0n) is 8.64. The molecule has 0 radical (unpaired) electrons. The third-order valence-corrected chi connectivity index (χ3v) is 4.58. The van der Waals surface area contributed by atoms with E-state index in [-0.39, 0.29) is 16.5 Å². The van der Waals surface area contributed by atoms with Gasteiger partial charge in [0.15, 0.2) is 0 Å². The molecule has 7 heteroatoms. The van der Waals surface area contributed by atoms with Crippen molar-refractivity contribution in [3.63, 3.8) is 0 Å². The van der Waals surface area contributed by atoms with E-state index in [2.05, 4.69) is 20.7 Å². The molecule has 17 heavy (non-hydrogen) atoms. The van der Waals surface area contributed by atoms with Gasteiger partial charge in [-0.3, -0.25) is 0 Å². The van der Waals surface area contributed by atoms with E-state index in [0.717, 1.165) is 18.9 Å². The molecule has 1 fully saturated rings. The van der Waals surface area contributed by atoms with Crippen molar-refractivity contribution in [2.45, 2.75) is 23.8 Å². The number of hydrogen-bond acceptors (Lipinski definition) is 4. The largest absolute Gasteiger partial charge is 0.545 e. The fourth-order valence-electron chi connectivity index (χ4n) is 1.32. The van der Waals surface area contributed by atoms with Gasteiger partial charge in [0.05, 0.1) is 10.9 Å². The van der Waals surface area contributed by atoms with Crippen molar-refractivity contribution in [1.82, 2.24) is 4.72 Å². The van der Waals surface area contributed by atoms with E-state index < -0.39 is 16.0 Å². The second kappa shape index (κ2) is 4.40. The third-order valence-electron chi connectivity index (χ3n) is 2.37. The second-order valence-electron chi connectivity index (χ2n) is 3.82. The Kier molecular flexibility index (Phi) is 3.24. The molecule has 1 aromatic rings. The topological polar surface area (TPSA) is 86.3 Å². The van der Waals surface area contributed by atoms with Crippen LogP contribution in [0.15, 0.2) is 27.6 Å². The number of sulfonamides is 1.